The fourth-order valence-corrected chi connectivity index (χ4v) is 4.63. The highest BCUT2D eigenvalue weighted by Crippen LogP contribution is 2.34. The maximum Gasteiger partial charge on any atom is 0.418 e. The molecule has 1 fully saturated rings. The predicted molar refractivity (Wildman–Crippen MR) is 112 cm³/mol. The van der Waals surface area contributed by atoms with Crippen molar-refractivity contribution in [2.75, 3.05) is 23.3 Å². The van der Waals surface area contributed by atoms with Crippen molar-refractivity contribution >= 4 is 38.4 Å². The first kappa shape index (κ1) is 21.3. The highest BCUT2D eigenvalue weighted by Gasteiger charge is 2.33. The van der Waals surface area contributed by atoms with E-state index in [1.54, 1.807) is 0 Å². The van der Waals surface area contributed by atoms with Crippen LogP contribution < -0.4 is 15.8 Å². The van der Waals surface area contributed by atoms with E-state index in [1.165, 1.54) is 35.9 Å². The number of thiazole rings is 1. The van der Waals surface area contributed by atoms with Crippen LogP contribution in [0.25, 0.3) is 10.3 Å². The van der Waals surface area contributed by atoms with E-state index in [0.29, 0.717) is 21.4 Å². The topological polar surface area (TPSA) is 80.1 Å². The molecule has 3 heterocycles. The lowest BCUT2D eigenvalue weighted by Crippen LogP contribution is -2.34. The van der Waals surface area contributed by atoms with Crippen LogP contribution in [0.2, 0.25) is 0 Å². The van der Waals surface area contributed by atoms with Gasteiger partial charge in [-0.05, 0) is 30.9 Å². The number of aromatic nitrogens is 3. The predicted octanol–water partition coefficient (Wildman–Crippen LogP) is 3.75. The standard InChI is InChI=1S/C20H20F3N5O2S/c1-12-5-4-8-27(9-12)19-26-17-16(31-19)18(30)28(11-24-17)10-15(29)25-14-7-3-2-6-13(14)20(21,22)23/h2-3,6-7,11-12H,4-5,8-10H2,1H3,(H,25,29)/t12-/m1/s1. The molecule has 31 heavy (non-hydrogen) atoms. The number of anilines is 2. The van der Waals surface area contributed by atoms with E-state index in [9.17, 15) is 22.8 Å². The first-order valence-electron chi connectivity index (χ1n) is 9.79. The van der Waals surface area contributed by atoms with Gasteiger partial charge in [-0.1, -0.05) is 30.4 Å². The molecule has 1 aromatic carbocycles. The van der Waals surface area contributed by atoms with E-state index in [4.69, 9.17) is 0 Å². The number of rotatable bonds is 4. The number of amides is 1. The van der Waals surface area contributed by atoms with Gasteiger partial charge in [-0.2, -0.15) is 18.2 Å². The summed E-state index contributed by atoms with van der Waals surface area (Å²) in [6.45, 7) is 3.43. The molecule has 0 saturated carbocycles. The molecule has 11 heteroatoms. The van der Waals surface area contributed by atoms with Gasteiger partial charge in [0.1, 0.15) is 17.6 Å². The number of piperidine rings is 1. The van der Waals surface area contributed by atoms with Crippen LogP contribution in [0.4, 0.5) is 24.0 Å². The molecule has 3 aromatic rings. The zero-order valence-electron chi connectivity index (χ0n) is 16.6. The van der Waals surface area contributed by atoms with E-state index in [-0.39, 0.29) is 5.69 Å². The molecule has 7 nitrogen and oxygen atoms in total. The lowest BCUT2D eigenvalue weighted by molar-refractivity contribution is -0.137. The van der Waals surface area contributed by atoms with Gasteiger partial charge in [0.2, 0.25) is 5.91 Å². The fourth-order valence-electron chi connectivity index (χ4n) is 3.63. The number of halogens is 3. The summed E-state index contributed by atoms with van der Waals surface area (Å²) in [5.74, 6) is -0.219. The highest BCUT2D eigenvalue weighted by atomic mass is 32.1. The van der Waals surface area contributed by atoms with E-state index in [0.717, 1.165) is 36.6 Å². The van der Waals surface area contributed by atoms with Crippen LogP contribution in [0.1, 0.15) is 25.3 Å². The number of fused-ring (bicyclic) bond motifs is 1. The highest BCUT2D eigenvalue weighted by molar-refractivity contribution is 7.22. The molecular formula is C20H20F3N5O2S. The van der Waals surface area contributed by atoms with Crippen molar-refractivity contribution < 1.29 is 18.0 Å². The van der Waals surface area contributed by atoms with E-state index in [2.05, 4.69) is 27.1 Å². The van der Waals surface area contributed by atoms with Crippen molar-refractivity contribution in [2.45, 2.75) is 32.5 Å². The summed E-state index contributed by atoms with van der Waals surface area (Å²) in [4.78, 5) is 35.9. The van der Waals surface area contributed by atoms with E-state index in [1.807, 2.05) is 0 Å². The second-order valence-corrected chi connectivity index (χ2v) is 8.59. The zero-order chi connectivity index (χ0) is 22.2. The Bertz CT molecular complexity index is 1170. The lowest BCUT2D eigenvalue weighted by atomic mass is 10.0. The Labute approximate surface area is 179 Å². The minimum Gasteiger partial charge on any atom is -0.348 e. The number of nitrogens with one attached hydrogen (secondary N) is 1. The van der Waals surface area contributed by atoms with Crippen LogP contribution in [0, 0.1) is 5.92 Å². The second-order valence-electron chi connectivity index (χ2n) is 7.61. The van der Waals surface area contributed by atoms with Crippen LogP contribution >= 0.6 is 11.3 Å². The smallest absolute Gasteiger partial charge is 0.348 e. The van der Waals surface area contributed by atoms with Gasteiger partial charge in [0.15, 0.2) is 10.8 Å². The maximum absolute atomic E-state index is 13.1. The third kappa shape index (κ3) is 4.55. The van der Waals surface area contributed by atoms with E-state index < -0.39 is 29.8 Å². The van der Waals surface area contributed by atoms with Crippen molar-refractivity contribution in [1.29, 1.82) is 0 Å². The van der Waals surface area contributed by atoms with Crippen molar-refractivity contribution in [1.82, 2.24) is 14.5 Å². The molecule has 1 aliphatic rings. The fraction of sp³-hybridized carbons (Fsp3) is 0.400. The molecule has 1 atom stereocenters. The van der Waals surface area contributed by atoms with Crippen LogP contribution in [0.5, 0.6) is 0 Å². The summed E-state index contributed by atoms with van der Waals surface area (Å²) in [6.07, 6.45) is -1.21. The van der Waals surface area contributed by atoms with Crippen LogP contribution in [0.15, 0.2) is 35.4 Å². The normalized spacial score (nSPS) is 17.2. The molecule has 0 spiro atoms. The van der Waals surface area contributed by atoms with Gasteiger partial charge in [-0.25, -0.2) is 4.98 Å². The second kappa shape index (κ2) is 8.29. The van der Waals surface area contributed by atoms with Crippen LogP contribution in [-0.2, 0) is 17.5 Å². The quantitative estimate of drug-likeness (QED) is 0.654. The molecule has 1 saturated heterocycles. The molecule has 164 valence electrons. The van der Waals surface area contributed by atoms with Gasteiger partial charge in [-0.15, -0.1) is 0 Å². The van der Waals surface area contributed by atoms with Crippen LogP contribution in [0.3, 0.4) is 0 Å². The first-order chi connectivity index (χ1) is 14.7. The number of hydrogen-bond acceptors (Lipinski definition) is 6. The molecule has 1 amide bonds. The van der Waals surface area contributed by atoms with Gasteiger partial charge in [0.05, 0.1) is 11.3 Å². The number of carbonyl (C=O) groups excluding carboxylic acids is 1. The molecule has 0 bridgehead atoms. The average Bonchev–Trinajstić information content (AvgIpc) is 3.15. The molecule has 0 aliphatic carbocycles. The number of hydrogen-bond donors (Lipinski definition) is 1. The minimum absolute atomic E-state index is 0.308. The van der Waals surface area contributed by atoms with Gasteiger partial charge in [-0.3, -0.25) is 14.2 Å². The third-order valence-electron chi connectivity index (χ3n) is 5.12. The largest absolute Gasteiger partial charge is 0.418 e. The number of benzene rings is 1. The summed E-state index contributed by atoms with van der Waals surface area (Å²) < 4.78 is 40.8. The minimum atomic E-state index is -4.60. The number of carbonyl (C=O) groups is 1. The van der Waals surface area contributed by atoms with Crippen molar-refractivity contribution in [2.24, 2.45) is 5.92 Å². The number of nitrogens with zero attached hydrogens (tertiary/aromatic N) is 4. The van der Waals surface area contributed by atoms with Gasteiger partial charge in [0.25, 0.3) is 5.56 Å². The Morgan fingerprint density at radius 3 is 2.84 bits per heavy atom. The molecule has 0 radical (unpaired) electrons. The summed E-state index contributed by atoms with van der Waals surface area (Å²) in [5.41, 5.74) is -1.45. The average molecular weight is 451 g/mol. The Morgan fingerprint density at radius 1 is 1.32 bits per heavy atom. The monoisotopic (exact) mass is 451 g/mol. The summed E-state index contributed by atoms with van der Waals surface area (Å²) in [7, 11) is 0. The maximum atomic E-state index is 13.1. The van der Waals surface area contributed by atoms with Gasteiger partial charge in [0, 0.05) is 13.1 Å². The van der Waals surface area contributed by atoms with Gasteiger partial charge < -0.3 is 10.2 Å². The van der Waals surface area contributed by atoms with Crippen molar-refractivity contribution in [3.63, 3.8) is 0 Å². The molecule has 1 N–H and O–H groups in total. The SMILES string of the molecule is C[C@@H]1CCCN(c2nc3ncn(CC(=O)Nc4ccccc4C(F)(F)F)c(=O)c3s2)C1. The molecule has 0 unspecified atom stereocenters. The zero-order valence-corrected chi connectivity index (χ0v) is 17.5. The molecule has 2 aromatic heterocycles. The molecular weight excluding hydrogens is 431 g/mol. The van der Waals surface area contributed by atoms with Crippen LogP contribution in [-0.4, -0.2) is 33.5 Å². The Hall–Kier alpha value is -2.95. The Morgan fingerprint density at radius 2 is 2.10 bits per heavy atom. The third-order valence-corrected chi connectivity index (χ3v) is 6.21. The number of para-hydroxylation sites is 1. The molecule has 1 aliphatic heterocycles. The van der Waals surface area contributed by atoms with Gasteiger partial charge >= 0.3 is 6.18 Å². The lowest BCUT2D eigenvalue weighted by Gasteiger charge is -2.30. The Balaban J connectivity index is 1.55. The first-order valence-corrected chi connectivity index (χ1v) is 10.6. The Kier molecular flexibility index (Phi) is 5.69. The van der Waals surface area contributed by atoms with Crippen molar-refractivity contribution in [3.8, 4) is 0 Å². The summed E-state index contributed by atoms with van der Waals surface area (Å²) in [5, 5.41) is 2.95. The van der Waals surface area contributed by atoms with Crippen molar-refractivity contribution in [3.05, 3.63) is 46.5 Å². The molecule has 4 rings (SSSR count). The summed E-state index contributed by atoms with van der Waals surface area (Å²) >= 11 is 1.22. The summed E-state index contributed by atoms with van der Waals surface area (Å²) in [6, 6.07) is 4.69. The van der Waals surface area contributed by atoms with E-state index >= 15 is 0 Å². The number of alkyl halides is 3.